The first-order valence-electron chi connectivity index (χ1n) is 8.59. The lowest BCUT2D eigenvalue weighted by Gasteiger charge is -2.34. The number of benzene rings is 1. The molecule has 1 atom stereocenters. The van der Waals surface area contributed by atoms with E-state index < -0.39 is 9.84 Å². The lowest BCUT2D eigenvalue weighted by molar-refractivity contribution is -0.123. The second kappa shape index (κ2) is 7.80. The smallest absolute Gasteiger partial charge is 0.234 e. The van der Waals surface area contributed by atoms with Gasteiger partial charge in [0.15, 0.2) is 9.84 Å². The van der Waals surface area contributed by atoms with E-state index in [0.29, 0.717) is 18.5 Å². The number of hydrogen-bond acceptors (Lipinski definition) is 5. The van der Waals surface area contributed by atoms with Crippen LogP contribution < -0.4 is 5.32 Å². The number of hydrogen-bond donors (Lipinski definition) is 1. The molecule has 0 bridgehead atoms. The quantitative estimate of drug-likeness (QED) is 0.806. The van der Waals surface area contributed by atoms with Gasteiger partial charge in [0.2, 0.25) is 5.91 Å². The molecule has 1 N–H and O–H groups in total. The fourth-order valence-electron chi connectivity index (χ4n) is 3.36. The SMILES string of the molecule is O=C(CN1CCN(Cc2ccccc2F)CC1)NC1CCS(=O)(=O)C1. The Morgan fingerprint density at radius 3 is 2.48 bits per heavy atom. The van der Waals surface area contributed by atoms with E-state index in [9.17, 15) is 17.6 Å². The van der Waals surface area contributed by atoms with Crippen LogP contribution in [0, 0.1) is 5.82 Å². The summed E-state index contributed by atoms with van der Waals surface area (Å²) in [6.45, 7) is 3.89. The summed E-state index contributed by atoms with van der Waals surface area (Å²) in [7, 11) is -2.98. The molecular formula is C17H24FN3O3S. The summed E-state index contributed by atoms with van der Waals surface area (Å²) in [5, 5.41) is 2.82. The summed E-state index contributed by atoms with van der Waals surface area (Å²) in [4.78, 5) is 16.3. The molecule has 25 heavy (non-hydrogen) atoms. The van der Waals surface area contributed by atoms with Crippen molar-refractivity contribution in [3.05, 3.63) is 35.6 Å². The van der Waals surface area contributed by atoms with E-state index in [1.807, 2.05) is 6.07 Å². The van der Waals surface area contributed by atoms with Crippen LogP contribution in [0.15, 0.2) is 24.3 Å². The highest BCUT2D eigenvalue weighted by Crippen LogP contribution is 2.13. The fourth-order valence-corrected chi connectivity index (χ4v) is 5.03. The van der Waals surface area contributed by atoms with Crippen LogP contribution in [0.4, 0.5) is 4.39 Å². The average Bonchev–Trinajstić information content (AvgIpc) is 2.90. The van der Waals surface area contributed by atoms with Gasteiger partial charge in [0, 0.05) is 44.3 Å². The van der Waals surface area contributed by atoms with E-state index in [1.54, 1.807) is 12.1 Å². The lowest BCUT2D eigenvalue weighted by Crippen LogP contribution is -2.50. The molecule has 0 radical (unpaired) electrons. The molecular weight excluding hydrogens is 345 g/mol. The maximum absolute atomic E-state index is 13.7. The van der Waals surface area contributed by atoms with Gasteiger partial charge in [0.1, 0.15) is 5.82 Å². The normalized spacial score (nSPS) is 24.3. The summed E-state index contributed by atoms with van der Waals surface area (Å²) in [5.74, 6) is -0.0950. The molecule has 1 unspecified atom stereocenters. The second-order valence-corrected chi connectivity index (χ2v) is 9.04. The van der Waals surface area contributed by atoms with Crippen molar-refractivity contribution >= 4 is 15.7 Å². The minimum atomic E-state index is -2.98. The first-order chi connectivity index (χ1) is 11.9. The Hall–Kier alpha value is -1.51. The van der Waals surface area contributed by atoms with Gasteiger partial charge in [-0.1, -0.05) is 18.2 Å². The number of carbonyl (C=O) groups excluding carboxylic acids is 1. The van der Waals surface area contributed by atoms with E-state index >= 15 is 0 Å². The molecule has 2 aliphatic rings. The molecule has 0 aliphatic carbocycles. The number of halogens is 1. The summed E-state index contributed by atoms with van der Waals surface area (Å²) < 4.78 is 36.6. The molecule has 1 amide bonds. The third kappa shape index (κ3) is 5.23. The van der Waals surface area contributed by atoms with Crippen molar-refractivity contribution < 1.29 is 17.6 Å². The number of rotatable bonds is 5. The van der Waals surface area contributed by atoms with E-state index in [-0.39, 0.29) is 35.8 Å². The van der Waals surface area contributed by atoms with Crippen LogP contribution in [-0.4, -0.2) is 74.4 Å². The number of nitrogens with zero attached hydrogens (tertiary/aromatic N) is 2. The highest BCUT2D eigenvalue weighted by molar-refractivity contribution is 7.91. The zero-order valence-electron chi connectivity index (χ0n) is 14.2. The number of nitrogens with one attached hydrogen (secondary N) is 1. The molecule has 2 aliphatic heterocycles. The molecule has 6 nitrogen and oxygen atoms in total. The molecule has 2 heterocycles. The van der Waals surface area contributed by atoms with Crippen molar-refractivity contribution in [1.82, 2.24) is 15.1 Å². The van der Waals surface area contributed by atoms with Gasteiger partial charge in [-0.05, 0) is 12.5 Å². The molecule has 3 rings (SSSR count). The average molecular weight is 369 g/mol. The monoisotopic (exact) mass is 369 g/mol. The number of sulfone groups is 1. The van der Waals surface area contributed by atoms with Crippen LogP contribution in [0.2, 0.25) is 0 Å². The molecule has 2 saturated heterocycles. The van der Waals surface area contributed by atoms with Gasteiger partial charge in [-0.2, -0.15) is 0 Å². The fraction of sp³-hybridized carbons (Fsp3) is 0.588. The molecule has 0 aromatic heterocycles. The van der Waals surface area contributed by atoms with Crippen molar-refractivity contribution in [3.8, 4) is 0 Å². The van der Waals surface area contributed by atoms with Gasteiger partial charge in [-0.3, -0.25) is 14.6 Å². The van der Waals surface area contributed by atoms with Crippen molar-refractivity contribution in [2.45, 2.75) is 19.0 Å². The highest BCUT2D eigenvalue weighted by atomic mass is 32.2. The standard InChI is InChI=1S/C17H24FN3O3S/c18-16-4-2-1-3-14(16)11-20-6-8-21(9-7-20)12-17(22)19-15-5-10-25(23,24)13-15/h1-4,15H,5-13H2,(H,19,22). The van der Waals surface area contributed by atoms with Gasteiger partial charge in [0.05, 0.1) is 18.1 Å². The Bertz CT molecular complexity index is 718. The first-order valence-corrected chi connectivity index (χ1v) is 10.4. The molecule has 1 aromatic rings. The highest BCUT2D eigenvalue weighted by Gasteiger charge is 2.29. The van der Waals surface area contributed by atoms with E-state index in [2.05, 4.69) is 15.1 Å². The van der Waals surface area contributed by atoms with Gasteiger partial charge in [0.25, 0.3) is 0 Å². The number of piperazine rings is 1. The zero-order valence-corrected chi connectivity index (χ0v) is 15.0. The summed E-state index contributed by atoms with van der Waals surface area (Å²) in [5.41, 5.74) is 0.691. The minimum Gasteiger partial charge on any atom is -0.351 e. The van der Waals surface area contributed by atoms with E-state index in [1.165, 1.54) is 6.07 Å². The maximum atomic E-state index is 13.7. The third-order valence-electron chi connectivity index (χ3n) is 4.78. The van der Waals surface area contributed by atoms with Crippen molar-refractivity contribution in [1.29, 1.82) is 0 Å². The van der Waals surface area contributed by atoms with E-state index in [0.717, 1.165) is 26.2 Å². The largest absolute Gasteiger partial charge is 0.351 e. The van der Waals surface area contributed by atoms with Gasteiger partial charge < -0.3 is 5.32 Å². The molecule has 8 heteroatoms. The van der Waals surface area contributed by atoms with Gasteiger partial charge >= 0.3 is 0 Å². The molecule has 1 aromatic carbocycles. The summed E-state index contributed by atoms with van der Waals surface area (Å²) >= 11 is 0. The van der Waals surface area contributed by atoms with E-state index in [4.69, 9.17) is 0 Å². The predicted molar refractivity (Wildman–Crippen MR) is 93.3 cm³/mol. The maximum Gasteiger partial charge on any atom is 0.234 e. The van der Waals surface area contributed by atoms with Crippen LogP contribution in [0.1, 0.15) is 12.0 Å². The van der Waals surface area contributed by atoms with Crippen LogP contribution in [0.25, 0.3) is 0 Å². The van der Waals surface area contributed by atoms with Crippen LogP contribution in [-0.2, 0) is 21.2 Å². The Morgan fingerprint density at radius 2 is 1.84 bits per heavy atom. The lowest BCUT2D eigenvalue weighted by atomic mass is 10.2. The number of carbonyl (C=O) groups is 1. The van der Waals surface area contributed by atoms with Crippen LogP contribution in [0.3, 0.4) is 0 Å². The Balaban J connectivity index is 1.40. The first kappa shape index (κ1) is 18.3. The summed E-state index contributed by atoms with van der Waals surface area (Å²) in [6, 6.07) is 6.54. The second-order valence-electron chi connectivity index (χ2n) is 6.81. The Labute approximate surface area is 147 Å². The predicted octanol–water partition coefficient (Wildman–Crippen LogP) is 0.247. The summed E-state index contributed by atoms with van der Waals surface area (Å²) in [6.07, 6.45) is 0.504. The van der Waals surface area contributed by atoms with Crippen LogP contribution in [0.5, 0.6) is 0 Å². The third-order valence-corrected chi connectivity index (χ3v) is 6.55. The molecule has 2 fully saturated rings. The molecule has 0 saturated carbocycles. The van der Waals surface area contributed by atoms with Gasteiger partial charge in [-0.25, -0.2) is 12.8 Å². The van der Waals surface area contributed by atoms with Crippen molar-refractivity contribution in [3.63, 3.8) is 0 Å². The zero-order chi connectivity index (χ0) is 17.9. The topological polar surface area (TPSA) is 69.7 Å². The minimum absolute atomic E-state index is 0.0508. The van der Waals surface area contributed by atoms with Crippen molar-refractivity contribution in [2.75, 3.05) is 44.2 Å². The Kier molecular flexibility index (Phi) is 5.71. The van der Waals surface area contributed by atoms with Crippen LogP contribution >= 0.6 is 0 Å². The molecule has 138 valence electrons. The Morgan fingerprint density at radius 1 is 1.16 bits per heavy atom. The molecule has 0 spiro atoms. The van der Waals surface area contributed by atoms with Gasteiger partial charge in [-0.15, -0.1) is 0 Å². The number of amides is 1. The van der Waals surface area contributed by atoms with Crippen molar-refractivity contribution in [2.24, 2.45) is 0 Å².